The van der Waals surface area contributed by atoms with Crippen LogP contribution in [0.2, 0.25) is 0 Å². The van der Waals surface area contributed by atoms with Gasteiger partial charge in [-0.1, -0.05) is 20.8 Å². The third kappa shape index (κ3) is 1.92. The van der Waals surface area contributed by atoms with Crippen molar-refractivity contribution in [2.45, 2.75) is 46.1 Å². The fourth-order valence-corrected chi connectivity index (χ4v) is 4.39. The van der Waals surface area contributed by atoms with Gasteiger partial charge in [-0.15, -0.1) is 0 Å². The topological polar surface area (TPSA) is 39.2 Å². The minimum absolute atomic E-state index is 0.0303. The molecule has 1 heterocycles. The number of fused-ring (bicyclic) bond motifs is 2. The molecule has 1 aromatic rings. The number of nitrogens with zero attached hydrogens (tertiary/aromatic N) is 1. The van der Waals surface area contributed by atoms with Gasteiger partial charge in [0.15, 0.2) is 0 Å². The van der Waals surface area contributed by atoms with Crippen molar-refractivity contribution in [3.8, 4) is 0 Å². The minimum Gasteiger partial charge on any atom is -0.458 e. The van der Waals surface area contributed by atoms with E-state index in [1.807, 2.05) is 0 Å². The highest BCUT2D eigenvalue weighted by Gasteiger charge is 2.62. The van der Waals surface area contributed by atoms with Crippen LogP contribution in [0.25, 0.3) is 0 Å². The van der Waals surface area contributed by atoms with Gasteiger partial charge in [0.05, 0.1) is 5.56 Å². The zero-order chi connectivity index (χ0) is 14.5. The second-order valence-corrected chi connectivity index (χ2v) is 7.81. The predicted molar refractivity (Wildman–Crippen MR) is 80.4 cm³/mol. The minimum atomic E-state index is -0.256. The number of carbonyl (C=O) groups is 1. The van der Waals surface area contributed by atoms with Crippen LogP contribution in [-0.4, -0.2) is 17.1 Å². The molecule has 0 spiro atoms. The summed E-state index contributed by atoms with van der Waals surface area (Å²) >= 11 is 3.33. The van der Waals surface area contributed by atoms with Crippen molar-refractivity contribution in [1.29, 1.82) is 0 Å². The molecule has 0 saturated heterocycles. The Morgan fingerprint density at radius 1 is 1.40 bits per heavy atom. The Morgan fingerprint density at radius 2 is 2.15 bits per heavy atom. The van der Waals surface area contributed by atoms with Crippen molar-refractivity contribution >= 4 is 21.9 Å². The normalized spacial score (nSPS) is 34.2. The van der Waals surface area contributed by atoms with Gasteiger partial charge in [0.25, 0.3) is 0 Å². The van der Waals surface area contributed by atoms with Crippen LogP contribution in [0, 0.1) is 16.7 Å². The number of hydrogen-bond acceptors (Lipinski definition) is 3. The molecule has 0 aliphatic heterocycles. The van der Waals surface area contributed by atoms with E-state index in [0.717, 1.165) is 17.3 Å². The molecule has 0 radical (unpaired) electrons. The molecule has 2 saturated carbocycles. The maximum absolute atomic E-state index is 12.3. The summed E-state index contributed by atoms with van der Waals surface area (Å²) in [6.45, 7) is 6.91. The molecule has 0 N–H and O–H groups in total. The molecule has 3 atom stereocenters. The first-order valence-corrected chi connectivity index (χ1v) is 7.95. The summed E-state index contributed by atoms with van der Waals surface area (Å²) in [5.74, 6) is 0.416. The molecule has 4 heteroatoms. The molecule has 2 aliphatic rings. The third-order valence-electron chi connectivity index (χ3n) is 5.90. The van der Waals surface area contributed by atoms with Crippen LogP contribution in [0.5, 0.6) is 0 Å². The highest BCUT2D eigenvalue weighted by atomic mass is 79.9. The Kier molecular flexibility index (Phi) is 3.20. The van der Waals surface area contributed by atoms with Crippen molar-refractivity contribution in [3.63, 3.8) is 0 Å². The number of hydrogen-bond donors (Lipinski definition) is 0. The van der Waals surface area contributed by atoms with E-state index in [4.69, 9.17) is 4.74 Å². The van der Waals surface area contributed by atoms with E-state index >= 15 is 0 Å². The van der Waals surface area contributed by atoms with Gasteiger partial charge in [0.2, 0.25) is 0 Å². The van der Waals surface area contributed by atoms with E-state index in [1.54, 1.807) is 18.5 Å². The van der Waals surface area contributed by atoms with Crippen molar-refractivity contribution in [2.75, 3.05) is 0 Å². The Bertz CT molecular complexity index is 557. The summed E-state index contributed by atoms with van der Waals surface area (Å²) in [5, 5.41) is 0. The fourth-order valence-electron chi connectivity index (χ4n) is 4.03. The third-order valence-corrected chi connectivity index (χ3v) is 6.34. The van der Waals surface area contributed by atoms with Gasteiger partial charge < -0.3 is 4.74 Å². The molecule has 20 heavy (non-hydrogen) atoms. The fraction of sp³-hybridized carbons (Fsp3) is 0.625. The Hall–Kier alpha value is -0.900. The van der Waals surface area contributed by atoms with Crippen molar-refractivity contribution in [3.05, 3.63) is 28.5 Å². The van der Waals surface area contributed by atoms with Crippen LogP contribution in [0.15, 0.2) is 22.9 Å². The maximum Gasteiger partial charge on any atom is 0.340 e. The van der Waals surface area contributed by atoms with E-state index in [2.05, 4.69) is 41.7 Å². The zero-order valence-corrected chi connectivity index (χ0v) is 13.7. The van der Waals surface area contributed by atoms with E-state index in [-0.39, 0.29) is 22.9 Å². The van der Waals surface area contributed by atoms with Crippen LogP contribution in [-0.2, 0) is 4.74 Å². The zero-order valence-electron chi connectivity index (χ0n) is 12.1. The largest absolute Gasteiger partial charge is 0.458 e. The lowest BCUT2D eigenvalue weighted by Gasteiger charge is -2.38. The quantitative estimate of drug-likeness (QED) is 0.758. The molecule has 2 aliphatic carbocycles. The summed E-state index contributed by atoms with van der Waals surface area (Å²) < 4.78 is 6.62. The number of halogens is 1. The van der Waals surface area contributed by atoms with Gasteiger partial charge in [-0.25, -0.2) is 4.79 Å². The summed E-state index contributed by atoms with van der Waals surface area (Å²) in [5.41, 5.74) is 0.879. The number of aromatic nitrogens is 1. The number of carbonyl (C=O) groups excluding carboxylic acids is 1. The predicted octanol–water partition coefficient (Wildman–Crippen LogP) is 4.22. The van der Waals surface area contributed by atoms with Gasteiger partial charge >= 0.3 is 5.97 Å². The van der Waals surface area contributed by atoms with E-state index < -0.39 is 0 Å². The van der Waals surface area contributed by atoms with Crippen LogP contribution in [0.4, 0.5) is 0 Å². The molecule has 2 bridgehead atoms. The first-order valence-electron chi connectivity index (χ1n) is 7.16. The molecule has 0 amide bonds. The number of esters is 1. The van der Waals surface area contributed by atoms with E-state index in [1.165, 1.54) is 6.42 Å². The molecular formula is C16H20BrNO2. The van der Waals surface area contributed by atoms with Gasteiger partial charge in [-0.2, -0.15) is 0 Å². The Morgan fingerprint density at radius 3 is 2.70 bits per heavy atom. The summed E-state index contributed by atoms with van der Waals surface area (Å²) in [7, 11) is 0. The van der Waals surface area contributed by atoms with Gasteiger partial charge in [0.1, 0.15) is 6.10 Å². The molecule has 2 fully saturated rings. The van der Waals surface area contributed by atoms with Crippen molar-refractivity contribution in [1.82, 2.24) is 4.98 Å². The molecule has 0 aromatic carbocycles. The van der Waals surface area contributed by atoms with E-state index in [0.29, 0.717) is 11.5 Å². The number of ether oxygens (including phenoxy) is 1. The van der Waals surface area contributed by atoms with Crippen LogP contribution in [0.1, 0.15) is 50.4 Å². The number of rotatable bonds is 2. The first-order chi connectivity index (χ1) is 9.34. The summed E-state index contributed by atoms with van der Waals surface area (Å²) in [6.07, 6.45) is 6.67. The second-order valence-electron chi connectivity index (χ2n) is 6.90. The van der Waals surface area contributed by atoms with Crippen LogP contribution in [0.3, 0.4) is 0 Å². The average molecular weight is 338 g/mol. The summed E-state index contributed by atoms with van der Waals surface area (Å²) in [6, 6.07) is 1.76. The average Bonchev–Trinajstić information content (AvgIpc) is 2.72. The number of pyridine rings is 1. The Balaban J connectivity index is 1.78. The molecule has 3 unspecified atom stereocenters. The standard InChI is InChI=1S/C16H20BrNO2/c1-15(2)11-4-5-16(15,3)13(7-11)20-14(19)10-6-12(17)9-18-8-10/h6,8-9,11,13H,4-5,7H2,1-3H3. The van der Waals surface area contributed by atoms with Crippen LogP contribution >= 0.6 is 15.9 Å². The lowest BCUT2D eigenvalue weighted by atomic mass is 9.70. The first kappa shape index (κ1) is 14.1. The van der Waals surface area contributed by atoms with Crippen molar-refractivity contribution < 1.29 is 9.53 Å². The SMILES string of the molecule is CC1(C)C2CCC1(C)C(OC(=O)c1cncc(Br)c1)C2. The lowest BCUT2D eigenvalue weighted by Crippen LogP contribution is -2.38. The molecule has 1 aromatic heterocycles. The van der Waals surface area contributed by atoms with Gasteiger partial charge in [0, 0.05) is 22.3 Å². The summed E-state index contributed by atoms with van der Waals surface area (Å²) in [4.78, 5) is 16.3. The highest BCUT2D eigenvalue weighted by Crippen LogP contribution is 2.66. The molecule has 3 nitrogen and oxygen atoms in total. The second kappa shape index (κ2) is 4.55. The van der Waals surface area contributed by atoms with Gasteiger partial charge in [-0.05, 0) is 52.6 Å². The molecule has 108 valence electrons. The van der Waals surface area contributed by atoms with Crippen molar-refractivity contribution in [2.24, 2.45) is 16.7 Å². The van der Waals surface area contributed by atoms with Gasteiger partial charge in [-0.3, -0.25) is 4.98 Å². The molecule has 3 rings (SSSR count). The van der Waals surface area contributed by atoms with E-state index in [9.17, 15) is 4.79 Å². The monoisotopic (exact) mass is 337 g/mol. The smallest absolute Gasteiger partial charge is 0.340 e. The lowest BCUT2D eigenvalue weighted by molar-refractivity contribution is -0.0242. The maximum atomic E-state index is 12.3. The Labute approximate surface area is 128 Å². The van der Waals surface area contributed by atoms with Crippen LogP contribution < -0.4 is 0 Å². The molecular weight excluding hydrogens is 318 g/mol. The highest BCUT2D eigenvalue weighted by molar-refractivity contribution is 9.10.